The van der Waals surface area contributed by atoms with Crippen LogP contribution in [0.3, 0.4) is 0 Å². The van der Waals surface area contributed by atoms with E-state index in [1.165, 1.54) is 12.8 Å². The van der Waals surface area contributed by atoms with E-state index in [2.05, 4.69) is 17.9 Å². The fourth-order valence-corrected chi connectivity index (χ4v) is 2.86. The molecule has 3 unspecified atom stereocenters. The van der Waals surface area contributed by atoms with Crippen LogP contribution in [0.5, 0.6) is 0 Å². The van der Waals surface area contributed by atoms with Crippen LogP contribution in [0.4, 0.5) is 0 Å². The molecule has 1 aliphatic heterocycles. The minimum absolute atomic E-state index is 0.260. The number of nitrogens with zero attached hydrogens (tertiary/aromatic N) is 2. The lowest BCUT2D eigenvalue weighted by Gasteiger charge is -2.30. The molecule has 0 amide bonds. The van der Waals surface area contributed by atoms with Gasteiger partial charge in [-0.05, 0) is 26.2 Å². The van der Waals surface area contributed by atoms with Gasteiger partial charge in [0.2, 0.25) is 0 Å². The van der Waals surface area contributed by atoms with Gasteiger partial charge in [0.25, 0.3) is 0 Å². The third-order valence-electron chi connectivity index (χ3n) is 3.60. The predicted molar refractivity (Wildman–Crippen MR) is 58.3 cm³/mol. The zero-order valence-electron chi connectivity index (χ0n) is 9.48. The highest BCUT2D eigenvalue weighted by atomic mass is 16.5. The molecule has 2 aliphatic rings. The van der Waals surface area contributed by atoms with Gasteiger partial charge in [-0.1, -0.05) is 6.42 Å². The normalized spacial score (nSPS) is 38.5. The minimum Gasteiger partial charge on any atom is -0.377 e. The van der Waals surface area contributed by atoms with Crippen molar-refractivity contribution in [2.75, 3.05) is 19.7 Å². The van der Waals surface area contributed by atoms with Crippen molar-refractivity contribution in [1.82, 2.24) is 4.90 Å². The average molecular weight is 208 g/mol. The molecule has 0 spiro atoms. The number of rotatable bonds is 1. The summed E-state index contributed by atoms with van der Waals surface area (Å²) >= 11 is 0. The zero-order valence-corrected chi connectivity index (χ0v) is 9.48. The maximum atomic E-state index is 9.10. The fraction of sp³-hybridized carbons (Fsp3) is 0.917. The summed E-state index contributed by atoms with van der Waals surface area (Å²) in [6.07, 6.45) is 4.94. The second kappa shape index (κ2) is 4.96. The first-order chi connectivity index (χ1) is 7.31. The first-order valence-corrected chi connectivity index (χ1v) is 6.06. The first kappa shape index (κ1) is 10.9. The summed E-state index contributed by atoms with van der Waals surface area (Å²) in [6, 6.07) is 2.96. The quantitative estimate of drug-likeness (QED) is 0.659. The van der Waals surface area contributed by atoms with Crippen molar-refractivity contribution >= 4 is 0 Å². The van der Waals surface area contributed by atoms with Crippen molar-refractivity contribution in [3.63, 3.8) is 0 Å². The molecule has 2 rings (SSSR count). The highest BCUT2D eigenvalue weighted by Gasteiger charge is 2.33. The Morgan fingerprint density at radius 1 is 1.33 bits per heavy atom. The van der Waals surface area contributed by atoms with Gasteiger partial charge in [0.05, 0.1) is 18.1 Å². The predicted octanol–water partition coefficient (Wildman–Crippen LogP) is 1.79. The summed E-state index contributed by atoms with van der Waals surface area (Å²) in [6.45, 7) is 5.12. The zero-order chi connectivity index (χ0) is 10.7. The van der Waals surface area contributed by atoms with Gasteiger partial charge in [-0.25, -0.2) is 0 Å². The Hall–Kier alpha value is -0.590. The molecular formula is C12H20N2O. The van der Waals surface area contributed by atoms with Gasteiger partial charge >= 0.3 is 0 Å². The van der Waals surface area contributed by atoms with E-state index in [4.69, 9.17) is 10.00 Å². The van der Waals surface area contributed by atoms with Crippen molar-refractivity contribution in [3.8, 4) is 6.07 Å². The Balaban J connectivity index is 1.99. The van der Waals surface area contributed by atoms with E-state index in [1.54, 1.807) is 0 Å². The lowest BCUT2D eigenvalue weighted by atomic mass is 10.0. The number of nitriles is 1. The van der Waals surface area contributed by atoms with Gasteiger partial charge in [0, 0.05) is 25.7 Å². The van der Waals surface area contributed by atoms with Gasteiger partial charge in [0.15, 0.2) is 0 Å². The van der Waals surface area contributed by atoms with E-state index in [9.17, 15) is 0 Å². The Kier molecular flexibility index (Phi) is 3.61. The molecule has 0 aromatic rings. The summed E-state index contributed by atoms with van der Waals surface area (Å²) < 4.78 is 5.64. The summed E-state index contributed by atoms with van der Waals surface area (Å²) in [5, 5.41) is 9.10. The van der Waals surface area contributed by atoms with Gasteiger partial charge in [0.1, 0.15) is 0 Å². The lowest BCUT2D eigenvalue weighted by Crippen LogP contribution is -2.41. The average Bonchev–Trinajstić information content (AvgIpc) is 2.61. The molecule has 84 valence electrons. The van der Waals surface area contributed by atoms with Crippen LogP contribution in [0.15, 0.2) is 0 Å². The molecule has 15 heavy (non-hydrogen) atoms. The molecule has 0 aromatic carbocycles. The van der Waals surface area contributed by atoms with Gasteiger partial charge in [-0.3, -0.25) is 4.90 Å². The largest absolute Gasteiger partial charge is 0.377 e. The van der Waals surface area contributed by atoms with E-state index in [-0.39, 0.29) is 5.92 Å². The molecule has 0 aromatic heterocycles. The Morgan fingerprint density at radius 2 is 2.20 bits per heavy atom. The lowest BCUT2D eigenvalue weighted by molar-refractivity contribution is 0.0587. The van der Waals surface area contributed by atoms with Crippen LogP contribution >= 0.6 is 0 Å². The van der Waals surface area contributed by atoms with E-state index in [0.717, 1.165) is 32.5 Å². The Morgan fingerprint density at radius 3 is 3.00 bits per heavy atom. The molecule has 3 nitrogen and oxygen atoms in total. The van der Waals surface area contributed by atoms with E-state index >= 15 is 0 Å². The van der Waals surface area contributed by atoms with E-state index < -0.39 is 0 Å². The number of hydrogen-bond acceptors (Lipinski definition) is 3. The van der Waals surface area contributed by atoms with Crippen LogP contribution in [0, 0.1) is 17.2 Å². The maximum absolute atomic E-state index is 9.10. The highest BCUT2D eigenvalue weighted by Crippen LogP contribution is 2.30. The molecule has 1 saturated heterocycles. The van der Waals surface area contributed by atoms with Gasteiger partial charge < -0.3 is 4.74 Å². The van der Waals surface area contributed by atoms with E-state index in [0.29, 0.717) is 12.1 Å². The van der Waals surface area contributed by atoms with Crippen molar-refractivity contribution in [3.05, 3.63) is 0 Å². The van der Waals surface area contributed by atoms with E-state index in [1.807, 2.05) is 0 Å². The SMILES string of the molecule is CC1CN(C2CCCC2C#N)CCCO1. The molecule has 1 aliphatic carbocycles. The summed E-state index contributed by atoms with van der Waals surface area (Å²) in [5.41, 5.74) is 0. The Labute approximate surface area is 92.0 Å². The molecule has 0 radical (unpaired) electrons. The minimum atomic E-state index is 0.260. The van der Waals surface area contributed by atoms with Crippen LogP contribution in [0.2, 0.25) is 0 Å². The molecule has 1 saturated carbocycles. The monoisotopic (exact) mass is 208 g/mol. The highest BCUT2D eigenvalue weighted by molar-refractivity contribution is 4.98. The third-order valence-corrected chi connectivity index (χ3v) is 3.60. The van der Waals surface area contributed by atoms with Gasteiger partial charge in [-0.2, -0.15) is 5.26 Å². The van der Waals surface area contributed by atoms with Crippen LogP contribution in [-0.4, -0.2) is 36.7 Å². The molecular weight excluding hydrogens is 188 g/mol. The van der Waals surface area contributed by atoms with Crippen molar-refractivity contribution < 1.29 is 4.74 Å². The number of hydrogen-bond donors (Lipinski definition) is 0. The molecule has 3 heteroatoms. The topological polar surface area (TPSA) is 36.3 Å². The van der Waals surface area contributed by atoms with Crippen molar-refractivity contribution in [1.29, 1.82) is 5.26 Å². The smallest absolute Gasteiger partial charge is 0.0674 e. The molecule has 0 bridgehead atoms. The van der Waals surface area contributed by atoms with Crippen LogP contribution in [0.1, 0.15) is 32.6 Å². The molecule has 0 N–H and O–H groups in total. The second-order valence-electron chi connectivity index (χ2n) is 4.76. The molecule has 1 heterocycles. The number of ether oxygens (including phenoxy) is 1. The fourth-order valence-electron chi connectivity index (χ4n) is 2.86. The van der Waals surface area contributed by atoms with Gasteiger partial charge in [-0.15, -0.1) is 0 Å². The first-order valence-electron chi connectivity index (χ1n) is 6.06. The second-order valence-corrected chi connectivity index (χ2v) is 4.76. The summed E-state index contributed by atoms with van der Waals surface area (Å²) in [5.74, 6) is 0.260. The summed E-state index contributed by atoms with van der Waals surface area (Å²) in [7, 11) is 0. The Bertz CT molecular complexity index is 248. The molecule has 3 atom stereocenters. The standard InChI is InChI=1S/C12H20N2O/c1-10-9-14(6-3-7-15-10)12-5-2-4-11(12)8-13/h10-12H,2-7,9H2,1H3. The van der Waals surface area contributed by atoms with Crippen molar-refractivity contribution in [2.45, 2.75) is 44.8 Å². The maximum Gasteiger partial charge on any atom is 0.0674 e. The van der Waals surface area contributed by atoms with Crippen LogP contribution in [0.25, 0.3) is 0 Å². The molecule has 2 fully saturated rings. The van der Waals surface area contributed by atoms with Crippen LogP contribution < -0.4 is 0 Å². The summed E-state index contributed by atoms with van der Waals surface area (Å²) in [4.78, 5) is 2.48. The van der Waals surface area contributed by atoms with Crippen LogP contribution in [-0.2, 0) is 4.74 Å². The third kappa shape index (κ3) is 2.50. The van der Waals surface area contributed by atoms with Crippen molar-refractivity contribution in [2.24, 2.45) is 5.92 Å².